The first-order chi connectivity index (χ1) is 17.2. The summed E-state index contributed by atoms with van der Waals surface area (Å²) in [4.78, 5) is 11.8. The molecular formula is C28H19F3O4S. The highest BCUT2D eigenvalue weighted by atomic mass is 32.2. The lowest BCUT2D eigenvalue weighted by atomic mass is 9.85. The molecule has 0 N–H and O–H groups in total. The smallest absolute Gasteiger partial charge is 0.375 e. The van der Waals surface area contributed by atoms with Crippen LogP contribution < -0.4 is 4.18 Å². The van der Waals surface area contributed by atoms with E-state index in [1.165, 1.54) is 12.1 Å². The maximum Gasteiger partial charge on any atom is 0.534 e. The predicted octanol–water partition coefficient (Wildman–Crippen LogP) is 6.73. The van der Waals surface area contributed by atoms with E-state index in [1.54, 1.807) is 0 Å². The minimum Gasteiger partial charge on any atom is -0.375 e. The molecule has 182 valence electrons. The van der Waals surface area contributed by atoms with Crippen LogP contribution in [0.1, 0.15) is 32.6 Å². The van der Waals surface area contributed by atoms with Crippen LogP contribution in [0.5, 0.6) is 5.75 Å². The maximum absolute atomic E-state index is 12.9. The van der Waals surface area contributed by atoms with Crippen LogP contribution in [0.3, 0.4) is 0 Å². The number of hydrogen-bond donors (Lipinski definition) is 0. The van der Waals surface area contributed by atoms with Crippen LogP contribution in [0.15, 0.2) is 109 Å². The van der Waals surface area contributed by atoms with Crippen LogP contribution in [-0.4, -0.2) is 20.2 Å². The Hall–Kier alpha value is -4.17. The van der Waals surface area contributed by atoms with Crippen LogP contribution in [0.25, 0.3) is 11.1 Å². The van der Waals surface area contributed by atoms with Crippen LogP contribution in [0.4, 0.5) is 13.2 Å². The van der Waals surface area contributed by atoms with Gasteiger partial charge in [-0.25, -0.2) is 0 Å². The van der Waals surface area contributed by atoms with Crippen molar-refractivity contribution < 1.29 is 30.6 Å². The Balaban J connectivity index is 2.00. The minimum atomic E-state index is -5.94. The molecule has 0 aliphatic carbocycles. The summed E-state index contributed by atoms with van der Waals surface area (Å²) in [6.07, 6.45) is 0.262. The summed E-state index contributed by atoms with van der Waals surface area (Å²) >= 11 is 0. The van der Waals surface area contributed by atoms with Gasteiger partial charge in [-0.15, -0.1) is 0 Å². The van der Waals surface area contributed by atoms with E-state index in [2.05, 4.69) is 4.18 Å². The van der Waals surface area contributed by atoms with E-state index >= 15 is 0 Å². The molecule has 4 aromatic rings. The molecule has 0 aliphatic rings. The van der Waals surface area contributed by atoms with Gasteiger partial charge in [-0.3, -0.25) is 4.79 Å². The van der Waals surface area contributed by atoms with Gasteiger partial charge >= 0.3 is 15.6 Å². The van der Waals surface area contributed by atoms with Gasteiger partial charge in [0.2, 0.25) is 0 Å². The van der Waals surface area contributed by atoms with Gasteiger partial charge in [-0.05, 0) is 45.5 Å². The molecule has 8 heteroatoms. The van der Waals surface area contributed by atoms with Crippen molar-refractivity contribution in [2.45, 2.75) is 5.51 Å². The summed E-state index contributed by atoms with van der Waals surface area (Å²) in [6, 6.07) is 32.1. The highest BCUT2D eigenvalue weighted by molar-refractivity contribution is 7.88. The molecule has 36 heavy (non-hydrogen) atoms. The van der Waals surface area contributed by atoms with E-state index in [1.807, 2.05) is 91.0 Å². The minimum absolute atomic E-state index is 0.262. The number of carbonyl (C=O) groups is 1. The molecule has 0 radical (unpaired) electrons. The van der Waals surface area contributed by atoms with Gasteiger partial charge in [0.15, 0.2) is 12.0 Å². The summed E-state index contributed by atoms with van der Waals surface area (Å²) in [5, 5.41) is 0. The Labute approximate surface area is 206 Å². The maximum atomic E-state index is 12.9. The second kappa shape index (κ2) is 10.2. The standard InChI is InChI=1S/C28H19F3O4S/c29-28(30,31)36(33,34)35-25-17-16-23(18-24(25)19-32)27(22-14-8-3-9-15-22)26(20-10-4-1-5-11-20)21-12-6-2-7-13-21/h1-19H. The molecule has 0 atom stereocenters. The van der Waals surface area contributed by atoms with E-state index in [9.17, 15) is 26.4 Å². The average Bonchev–Trinajstić information content (AvgIpc) is 2.88. The Morgan fingerprint density at radius 2 is 1.06 bits per heavy atom. The summed E-state index contributed by atoms with van der Waals surface area (Å²) in [5.74, 6) is -0.709. The molecule has 4 aromatic carbocycles. The molecule has 0 aliphatic heterocycles. The fraction of sp³-hybridized carbons (Fsp3) is 0.0357. The predicted molar refractivity (Wildman–Crippen MR) is 132 cm³/mol. The summed E-state index contributed by atoms with van der Waals surface area (Å²) in [7, 11) is -5.94. The van der Waals surface area contributed by atoms with Gasteiger partial charge in [0.1, 0.15) is 0 Å². The third-order valence-corrected chi connectivity index (χ3v) is 6.31. The summed E-state index contributed by atoms with van der Waals surface area (Å²) in [6.45, 7) is 0. The highest BCUT2D eigenvalue weighted by Crippen LogP contribution is 2.38. The fourth-order valence-electron chi connectivity index (χ4n) is 3.76. The number of benzene rings is 4. The second-order valence-electron chi connectivity index (χ2n) is 7.70. The van der Waals surface area contributed by atoms with Gasteiger partial charge in [0, 0.05) is 0 Å². The third-order valence-electron chi connectivity index (χ3n) is 5.35. The van der Waals surface area contributed by atoms with Crippen molar-refractivity contribution in [3.63, 3.8) is 0 Å². The van der Waals surface area contributed by atoms with Crippen LogP contribution in [0, 0.1) is 0 Å². The Morgan fingerprint density at radius 1 is 0.639 bits per heavy atom. The SMILES string of the molecule is O=Cc1cc(C(=C(c2ccccc2)c2ccccc2)c2ccccc2)ccc1OS(=O)(=O)C(F)(F)F. The van der Waals surface area contributed by atoms with Crippen molar-refractivity contribution in [2.24, 2.45) is 0 Å². The number of alkyl halides is 3. The third kappa shape index (κ3) is 5.23. The average molecular weight is 509 g/mol. The Kier molecular flexibility index (Phi) is 7.07. The molecule has 0 aromatic heterocycles. The number of rotatable bonds is 7. The first-order valence-corrected chi connectivity index (χ1v) is 12.1. The molecule has 0 saturated carbocycles. The highest BCUT2D eigenvalue weighted by Gasteiger charge is 2.48. The zero-order chi connectivity index (χ0) is 25.8. The first kappa shape index (κ1) is 24.9. The van der Waals surface area contributed by atoms with E-state index in [0.717, 1.165) is 28.3 Å². The zero-order valence-electron chi connectivity index (χ0n) is 18.6. The number of hydrogen-bond acceptors (Lipinski definition) is 4. The molecule has 0 saturated heterocycles. The molecule has 0 bridgehead atoms. The fourth-order valence-corrected chi connectivity index (χ4v) is 4.25. The molecule has 4 nitrogen and oxygen atoms in total. The Morgan fingerprint density at radius 3 is 1.44 bits per heavy atom. The van der Waals surface area contributed by atoms with Crippen molar-refractivity contribution in [1.82, 2.24) is 0 Å². The molecule has 0 unspecified atom stereocenters. The molecule has 4 rings (SSSR count). The van der Waals surface area contributed by atoms with E-state index in [0.29, 0.717) is 11.1 Å². The summed E-state index contributed by atoms with van der Waals surface area (Å²) < 4.78 is 65.9. The zero-order valence-corrected chi connectivity index (χ0v) is 19.5. The van der Waals surface area contributed by atoms with E-state index < -0.39 is 21.4 Å². The topological polar surface area (TPSA) is 60.4 Å². The van der Waals surface area contributed by atoms with Crippen molar-refractivity contribution in [3.8, 4) is 5.75 Å². The van der Waals surface area contributed by atoms with Crippen LogP contribution in [0.2, 0.25) is 0 Å². The lowest BCUT2D eigenvalue weighted by molar-refractivity contribution is -0.0500. The molecule has 0 fully saturated rings. The number of halogens is 3. The van der Waals surface area contributed by atoms with E-state index in [-0.39, 0.29) is 11.8 Å². The van der Waals surface area contributed by atoms with E-state index in [4.69, 9.17) is 0 Å². The quantitative estimate of drug-likeness (QED) is 0.120. The van der Waals surface area contributed by atoms with Gasteiger partial charge in [-0.2, -0.15) is 21.6 Å². The number of carbonyl (C=O) groups excluding carboxylic acids is 1. The van der Waals surface area contributed by atoms with Crippen LogP contribution in [-0.2, 0) is 10.1 Å². The lowest BCUT2D eigenvalue weighted by Gasteiger charge is -2.19. The van der Waals surface area contributed by atoms with Crippen LogP contribution >= 0.6 is 0 Å². The van der Waals surface area contributed by atoms with Gasteiger partial charge in [0.05, 0.1) is 5.56 Å². The lowest BCUT2D eigenvalue weighted by Crippen LogP contribution is -2.28. The number of aldehydes is 1. The monoisotopic (exact) mass is 508 g/mol. The Bertz CT molecular complexity index is 1460. The van der Waals surface area contributed by atoms with Gasteiger partial charge in [0.25, 0.3) is 0 Å². The van der Waals surface area contributed by atoms with Gasteiger partial charge < -0.3 is 4.18 Å². The van der Waals surface area contributed by atoms with Gasteiger partial charge in [-0.1, -0.05) is 97.1 Å². The normalized spacial score (nSPS) is 11.5. The second-order valence-corrected chi connectivity index (χ2v) is 9.24. The molecular weight excluding hydrogens is 489 g/mol. The largest absolute Gasteiger partial charge is 0.534 e. The van der Waals surface area contributed by atoms with Crippen molar-refractivity contribution in [3.05, 3.63) is 137 Å². The van der Waals surface area contributed by atoms with Crippen molar-refractivity contribution in [1.29, 1.82) is 0 Å². The molecule has 0 heterocycles. The summed E-state index contributed by atoms with van der Waals surface area (Å²) in [5.41, 5.74) is -1.44. The molecule has 0 amide bonds. The van der Waals surface area contributed by atoms with Crippen molar-refractivity contribution in [2.75, 3.05) is 0 Å². The molecule has 0 spiro atoms. The van der Waals surface area contributed by atoms with Crippen molar-refractivity contribution >= 4 is 27.6 Å². The first-order valence-electron chi connectivity index (χ1n) is 10.7.